The highest BCUT2D eigenvalue weighted by Gasteiger charge is 2.13. The Hall–Kier alpha value is -3.15. The fourth-order valence-corrected chi connectivity index (χ4v) is 3.65. The smallest absolute Gasteiger partial charge is 0.261 e. The molecule has 0 unspecified atom stereocenters. The molecule has 5 nitrogen and oxygen atoms in total. The van der Waals surface area contributed by atoms with Gasteiger partial charge in [-0.25, -0.2) is 4.98 Å². The van der Waals surface area contributed by atoms with Gasteiger partial charge in [0.05, 0.1) is 28.0 Å². The molecule has 0 fully saturated rings. The average Bonchev–Trinajstić information content (AvgIpc) is 2.73. The molecule has 150 valence electrons. The fourth-order valence-electron chi connectivity index (χ4n) is 3.24. The molecule has 7 heteroatoms. The molecule has 1 heterocycles. The van der Waals surface area contributed by atoms with Crippen LogP contribution in [0.25, 0.3) is 10.9 Å². The van der Waals surface area contributed by atoms with Crippen LogP contribution in [0.15, 0.2) is 71.5 Å². The number of hydrogen-bond donors (Lipinski definition) is 1. The summed E-state index contributed by atoms with van der Waals surface area (Å²) in [5, 5.41) is 4.14. The first kappa shape index (κ1) is 20.1. The third kappa shape index (κ3) is 3.95. The average molecular weight is 438 g/mol. The number of nitrogens with zero attached hydrogens (tertiary/aromatic N) is 2. The van der Waals surface area contributed by atoms with E-state index in [4.69, 9.17) is 23.2 Å². The normalized spacial score (nSPS) is 10.9. The highest BCUT2D eigenvalue weighted by Crippen LogP contribution is 2.21. The Labute approximate surface area is 182 Å². The minimum absolute atomic E-state index is 0.203. The summed E-state index contributed by atoms with van der Waals surface area (Å²) in [6.45, 7) is 2.09. The number of amides is 1. The summed E-state index contributed by atoms with van der Waals surface area (Å²) in [5.41, 5.74) is 2.03. The number of carbonyl (C=O) groups excluding carboxylic acids is 1. The number of fused-ring (bicyclic) bond motifs is 1. The first-order chi connectivity index (χ1) is 14.4. The minimum Gasteiger partial charge on any atom is -0.322 e. The topological polar surface area (TPSA) is 64.0 Å². The van der Waals surface area contributed by atoms with E-state index in [2.05, 4.69) is 10.3 Å². The van der Waals surface area contributed by atoms with Crippen LogP contribution >= 0.6 is 23.2 Å². The van der Waals surface area contributed by atoms with Crippen molar-refractivity contribution in [3.05, 3.63) is 104 Å². The van der Waals surface area contributed by atoms with Crippen molar-refractivity contribution in [2.24, 2.45) is 0 Å². The van der Waals surface area contributed by atoms with Crippen LogP contribution in [0.4, 0.5) is 5.69 Å². The van der Waals surface area contributed by atoms with E-state index < -0.39 is 0 Å². The summed E-state index contributed by atoms with van der Waals surface area (Å²) >= 11 is 12.4. The van der Waals surface area contributed by atoms with Gasteiger partial charge in [0.1, 0.15) is 5.82 Å². The minimum atomic E-state index is -0.351. The quantitative estimate of drug-likeness (QED) is 0.470. The largest absolute Gasteiger partial charge is 0.322 e. The van der Waals surface area contributed by atoms with E-state index in [1.807, 2.05) is 18.2 Å². The molecule has 0 saturated carbocycles. The lowest BCUT2D eigenvalue weighted by atomic mass is 10.1. The molecule has 1 N–H and O–H groups in total. The third-order valence-electron chi connectivity index (χ3n) is 4.81. The van der Waals surface area contributed by atoms with Crippen LogP contribution in [0.5, 0.6) is 0 Å². The van der Waals surface area contributed by atoms with Gasteiger partial charge in [0.2, 0.25) is 0 Å². The third-order valence-corrected chi connectivity index (χ3v) is 5.51. The molecule has 3 aromatic carbocycles. The number of aryl methyl sites for hydroxylation is 1. The predicted octanol–water partition coefficient (Wildman–Crippen LogP) is 5.31. The van der Waals surface area contributed by atoms with Crippen LogP contribution in [-0.4, -0.2) is 15.5 Å². The van der Waals surface area contributed by atoms with Crippen molar-refractivity contribution in [1.82, 2.24) is 9.55 Å². The second-order valence-electron chi connectivity index (χ2n) is 6.81. The van der Waals surface area contributed by atoms with Gasteiger partial charge in [-0.2, -0.15) is 0 Å². The maximum atomic E-state index is 13.2. The van der Waals surface area contributed by atoms with E-state index in [9.17, 15) is 9.59 Å². The zero-order valence-electron chi connectivity index (χ0n) is 16.0. The Bertz CT molecular complexity index is 1330. The zero-order chi connectivity index (χ0) is 21.3. The lowest BCUT2D eigenvalue weighted by Crippen LogP contribution is -2.24. The number of rotatable bonds is 4. The summed E-state index contributed by atoms with van der Waals surface area (Å²) in [5.74, 6) is 0.233. The molecular weight excluding hydrogens is 421 g/mol. The van der Waals surface area contributed by atoms with E-state index in [-0.39, 0.29) is 11.5 Å². The number of aromatic nitrogens is 2. The molecule has 0 aliphatic rings. The van der Waals surface area contributed by atoms with Crippen LogP contribution in [0.2, 0.25) is 10.0 Å². The van der Waals surface area contributed by atoms with Crippen LogP contribution in [-0.2, 0) is 6.54 Å². The van der Waals surface area contributed by atoms with Gasteiger partial charge in [-0.15, -0.1) is 0 Å². The highest BCUT2D eigenvalue weighted by molar-refractivity contribution is 6.34. The molecular formula is C23H17Cl2N3O2. The Morgan fingerprint density at radius 3 is 2.43 bits per heavy atom. The number of anilines is 1. The van der Waals surface area contributed by atoms with Gasteiger partial charge in [-0.05, 0) is 48.9 Å². The summed E-state index contributed by atoms with van der Waals surface area (Å²) < 4.78 is 1.57. The molecule has 1 aromatic heterocycles. The number of carbonyl (C=O) groups is 1. The molecule has 30 heavy (non-hydrogen) atoms. The van der Waals surface area contributed by atoms with E-state index in [1.54, 1.807) is 60.0 Å². The van der Waals surface area contributed by atoms with E-state index in [0.717, 1.165) is 5.56 Å². The first-order valence-corrected chi connectivity index (χ1v) is 10.00. The summed E-state index contributed by atoms with van der Waals surface area (Å²) in [7, 11) is 0. The van der Waals surface area contributed by atoms with Crippen molar-refractivity contribution >= 4 is 45.7 Å². The van der Waals surface area contributed by atoms with Gasteiger partial charge >= 0.3 is 0 Å². The van der Waals surface area contributed by atoms with Gasteiger partial charge in [0, 0.05) is 10.7 Å². The van der Waals surface area contributed by atoms with Gasteiger partial charge in [-0.3, -0.25) is 14.2 Å². The van der Waals surface area contributed by atoms with Crippen molar-refractivity contribution in [3.63, 3.8) is 0 Å². The summed E-state index contributed by atoms with van der Waals surface area (Å²) in [4.78, 5) is 30.3. The lowest BCUT2D eigenvalue weighted by molar-refractivity contribution is 0.102. The number of hydrogen-bond acceptors (Lipinski definition) is 3. The maximum Gasteiger partial charge on any atom is 0.261 e. The standard InChI is InChI=1S/C23H17Cl2N3O2/c1-14-26-21-11-10-16(27-22(29)17-7-3-5-9-20(17)25)12-18(21)23(30)28(14)13-15-6-2-4-8-19(15)24/h2-12H,13H2,1H3,(H,27,29). The number of halogens is 2. The van der Waals surface area contributed by atoms with E-state index in [0.29, 0.717) is 44.6 Å². The van der Waals surface area contributed by atoms with E-state index >= 15 is 0 Å². The molecule has 0 saturated heterocycles. The molecule has 0 aliphatic heterocycles. The number of benzene rings is 3. The second kappa shape index (κ2) is 8.30. The molecule has 0 radical (unpaired) electrons. The molecule has 1 amide bonds. The maximum absolute atomic E-state index is 13.2. The highest BCUT2D eigenvalue weighted by atomic mass is 35.5. The van der Waals surface area contributed by atoms with Crippen molar-refractivity contribution < 1.29 is 4.79 Å². The van der Waals surface area contributed by atoms with Crippen molar-refractivity contribution in [1.29, 1.82) is 0 Å². The lowest BCUT2D eigenvalue weighted by Gasteiger charge is -2.13. The molecule has 0 bridgehead atoms. The van der Waals surface area contributed by atoms with Gasteiger partial charge < -0.3 is 5.32 Å². The Kier molecular flexibility index (Phi) is 5.57. The second-order valence-corrected chi connectivity index (χ2v) is 7.62. The Morgan fingerprint density at radius 1 is 1.00 bits per heavy atom. The van der Waals surface area contributed by atoms with Crippen molar-refractivity contribution in [3.8, 4) is 0 Å². The van der Waals surface area contributed by atoms with Crippen LogP contribution < -0.4 is 10.9 Å². The molecule has 4 rings (SSSR count). The van der Waals surface area contributed by atoms with Crippen LogP contribution in [0.3, 0.4) is 0 Å². The first-order valence-electron chi connectivity index (χ1n) is 9.24. The molecule has 0 spiro atoms. The summed E-state index contributed by atoms with van der Waals surface area (Å²) in [6.07, 6.45) is 0. The van der Waals surface area contributed by atoms with Crippen LogP contribution in [0, 0.1) is 6.92 Å². The fraction of sp³-hybridized carbons (Fsp3) is 0.0870. The number of nitrogens with one attached hydrogen (secondary N) is 1. The monoisotopic (exact) mass is 437 g/mol. The molecule has 0 aliphatic carbocycles. The SMILES string of the molecule is Cc1nc2ccc(NC(=O)c3ccccc3Cl)cc2c(=O)n1Cc1ccccc1Cl. The van der Waals surface area contributed by atoms with Crippen molar-refractivity contribution in [2.75, 3.05) is 5.32 Å². The Balaban J connectivity index is 1.72. The summed E-state index contributed by atoms with van der Waals surface area (Å²) in [6, 6.07) is 19.2. The van der Waals surface area contributed by atoms with Gasteiger partial charge in [-0.1, -0.05) is 53.5 Å². The van der Waals surface area contributed by atoms with Gasteiger partial charge in [0.15, 0.2) is 0 Å². The predicted molar refractivity (Wildman–Crippen MR) is 121 cm³/mol. The molecule has 0 atom stereocenters. The van der Waals surface area contributed by atoms with Gasteiger partial charge in [0.25, 0.3) is 11.5 Å². The molecule has 4 aromatic rings. The Morgan fingerprint density at radius 2 is 1.70 bits per heavy atom. The van der Waals surface area contributed by atoms with E-state index in [1.165, 1.54) is 0 Å². The van der Waals surface area contributed by atoms with Crippen LogP contribution in [0.1, 0.15) is 21.7 Å². The zero-order valence-corrected chi connectivity index (χ0v) is 17.5. The van der Waals surface area contributed by atoms with Crippen molar-refractivity contribution in [2.45, 2.75) is 13.5 Å².